The monoisotopic (exact) mass is 382 g/mol. The van der Waals surface area contributed by atoms with Crippen molar-refractivity contribution in [2.24, 2.45) is 0 Å². The lowest BCUT2D eigenvalue weighted by molar-refractivity contribution is -0.115. The normalized spacial score (nSPS) is 10.4. The maximum Gasteiger partial charge on any atom is 0.221 e. The number of hydrogen-bond acceptors (Lipinski definition) is 4. The summed E-state index contributed by atoms with van der Waals surface area (Å²) in [6.07, 6.45) is 0.0813. The first-order valence-corrected chi connectivity index (χ1v) is 8.01. The molecular formula is C17H16Cl2N2O4. The summed E-state index contributed by atoms with van der Waals surface area (Å²) in [5, 5.41) is 26.3. The highest BCUT2D eigenvalue weighted by Gasteiger charge is 2.16. The predicted octanol–water partition coefficient (Wildman–Crippen LogP) is 3.91. The van der Waals surface area contributed by atoms with Crippen LogP contribution in [0.3, 0.4) is 0 Å². The summed E-state index contributed by atoms with van der Waals surface area (Å²) in [6.45, 7) is 2.62. The highest BCUT2D eigenvalue weighted by Crippen LogP contribution is 2.37. The van der Waals surface area contributed by atoms with E-state index >= 15 is 0 Å². The Morgan fingerprint density at radius 2 is 1.20 bits per heavy atom. The maximum atomic E-state index is 11.2. The van der Waals surface area contributed by atoms with Crippen LogP contribution in [0, 0.1) is 0 Å². The van der Waals surface area contributed by atoms with Crippen LogP contribution >= 0.6 is 23.2 Å². The van der Waals surface area contributed by atoms with Gasteiger partial charge in [0.05, 0.1) is 11.4 Å². The summed E-state index contributed by atoms with van der Waals surface area (Å²) in [5.74, 6) is -1.05. The standard InChI is InChI=1S/C17H16Cl2N2O4/c1-8(22)20-14-6-12(18)4-10(16(14)24)3-11-5-13(19)7-15(17(11)25)21-9(2)23/h4-7,24-25H,3H2,1-2H3,(H,20,22)(H,21,23). The minimum atomic E-state index is -0.359. The number of hydrogen-bond donors (Lipinski definition) is 4. The van der Waals surface area contributed by atoms with Crippen molar-refractivity contribution in [2.45, 2.75) is 20.3 Å². The minimum absolute atomic E-state index is 0.0813. The fourth-order valence-electron chi connectivity index (χ4n) is 2.36. The fraction of sp³-hybridized carbons (Fsp3) is 0.176. The van der Waals surface area contributed by atoms with E-state index in [0.29, 0.717) is 21.2 Å². The van der Waals surface area contributed by atoms with Gasteiger partial charge in [-0.25, -0.2) is 0 Å². The Morgan fingerprint density at radius 1 is 0.840 bits per heavy atom. The molecular weight excluding hydrogens is 367 g/mol. The van der Waals surface area contributed by atoms with Gasteiger partial charge in [0.15, 0.2) is 0 Å². The number of phenols is 2. The molecule has 0 saturated heterocycles. The Kier molecular flexibility index (Phi) is 5.77. The lowest BCUT2D eigenvalue weighted by Gasteiger charge is -2.14. The molecule has 0 heterocycles. The molecule has 132 valence electrons. The van der Waals surface area contributed by atoms with E-state index in [2.05, 4.69) is 10.6 Å². The van der Waals surface area contributed by atoms with Crippen LogP contribution in [0.25, 0.3) is 0 Å². The lowest BCUT2D eigenvalue weighted by atomic mass is 10.0. The first-order valence-electron chi connectivity index (χ1n) is 7.25. The third kappa shape index (κ3) is 4.78. The minimum Gasteiger partial charge on any atom is -0.505 e. The zero-order valence-corrected chi connectivity index (χ0v) is 15.0. The van der Waals surface area contributed by atoms with E-state index in [1.165, 1.54) is 38.1 Å². The molecule has 2 aromatic rings. The van der Waals surface area contributed by atoms with E-state index in [4.69, 9.17) is 23.2 Å². The quantitative estimate of drug-likeness (QED) is 0.602. The van der Waals surface area contributed by atoms with Crippen molar-refractivity contribution in [3.8, 4) is 11.5 Å². The van der Waals surface area contributed by atoms with Gasteiger partial charge in [-0.1, -0.05) is 23.2 Å². The van der Waals surface area contributed by atoms with Crippen LogP contribution < -0.4 is 10.6 Å². The number of halogens is 2. The van der Waals surface area contributed by atoms with Gasteiger partial charge in [-0.05, 0) is 24.3 Å². The molecule has 0 spiro atoms. The molecule has 0 unspecified atom stereocenters. The average molecular weight is 383 g/mol. The number of aromatic hydroxyl groups is 2. The molecule has 25 heavy (non-hydrogen) atoms. The van der Waals surface area contributed by atoms with Crippen LogP contribution in [0.1, 0.15) is 25.0 Å². The third-order valence-electron chi connectivity index (χ3n) is 3.31. The molecule has 0 aliphatic carbocycles. The third-order valence-corrected chi connectivity index (χ3v) is 3.75. The van der Waals surface area contributed by atoms with Gasteiger partial charge in [-0.2, -0.15) is 0 Å². The van der Waals surface area contributed by atoms with Crippen molar-refractivity contribution < 1.29 is 19.8 Å². The van der Waals surface area contributed by atoms with Crippen molar-refractivity contribution in [3.63, 3.8) is 0 Å². The molecule has 2 rings (SSSR count). The SMILES string of the molecule is CC(=O)Nc1cc(Cl)cc(Cc2cc(Cl)cc(NC(C)=O)c2O)c1O. The van der Waals surface area contributed by atoms with Crippen molar-refractivity contribution in [2.75, 3.05) is 10.6 Å². The van der Waals surface area contributed by atoms with Crippen molar-refractivity contribution in [1.29, 1.82) is 0 Å². The van der Waals surface area contributed by atoms with Crippen molar-refractivity contribution in [1.82, 2.24) is 0 Å². The molecule has 2 amide bonds. The van der Waals surface area contributed by atoms with Crippen molar-refractivity contribution in [3.05, 3.63) is 45.4 Å². The van der Waals surface area contributed by atoms with Crippen LogP contribution in [0.5, 0.6) is 11.5 Å². The zero-order valence-electron chi connectivity index (χ0n) is 13.5. The summed E-state index contributed by atoms with van der Waals surface area (Å²) in [6, 6.07) is 5.87. The van der Waals surface area contributed by atoms with Gasteiger partial charge >= 0.3 is 0 Å². The van der Waals surface area contributed by atoms with Crippen LogP contribution in [0.2, 0.25) is 10.0 Å². The lowest BCUT2D eigenvalue weighted by Crippen LogP contribution is -2.07. The van der Waals surface area contributed by atoms with E-state index in [-0.39, 0.29) is 41.1 Å². The van der Waals surface area contributed by atoms with Gasteiger partial charge < -0.3 is 20.8 Å². The highest BCUT2D eigenvalue weighted by molar-refractivity contribution is 6.31. The second-order valence-electron chi connectivity index (χ2n) is 5.46. The van der Waals surface area contributed by atoms with E-state index in [0.717, 1.165) is 0 Å². The number of benzene rings is 2. The number of amides is 2. The number of nitrogens with one attached hydrogen (secondary N) is 2. The summed E-state index contributed by atoms with van der Waals surface area (Å²) >= 11 is 12.1. The molecule has 0 fully saturated rings. The largest absolute Gasteiger partial charge is 0.505 e. The number of carbonyl (C=O) groups excluding carboxylic acids is 2. The van der Waals surface area contributed by atoms with Gasteiger partial charge in [-0.3, -0.25) is 9.59 Å². The van der Waals surface area contributed by atoms with E-state index in [9.17, 15) is 19.8 Å². The van der Waals surface area contributed by atoms with Crippen LogP contribution in [0.15, 0.2) is 24.3 Å². The summed E-state index contributed by atoms with van der Waals surface area (Å²) < 4.78 is 0. The number of carbonyl (C=O) groups is 2. The predicted molar refractivity (Wildman–Crippen MR) is 97.6 cm³/mol. The highest BCUT2D eigenvalue weighted by atomic mass is 35.5. The Bertz CT molecular complexity index is 784. The molecule has 0 atom stereocenters. The van der Waals surface area contributed by atoms with Gasteiger partial charge in [0.2, 0.25) is 11.8 Å². The molecule has 0 radical (unpaired) electrons. The second-order valence-corrected chi connectivity index (χ2v) is 6.33. The molecule has 0 saturated carbocycles. The maximum absolute atomic E-state index is 11.2. The number of anilines is 2. The van der Waals surface area contributed by atoms with Crippen LogP contribution in [-0.4, -0.2) is 22.0 Å². The second kappa shape index (κ2) is 7.63. The first kappa shape index (κ1) is 18.9. The van der Waals surface area contributed by atoms with E-state index < -0.39 is 0 Å². The molecule has 6 nitrogen and oxygen atoms in total. The summed E-state index contributed by atoms with van der Waals surface area (Å²) in [7, 11) is 0. The summed E-state index contributed by atoms with van der Waals surface area (Å²) in [4.78, 5) is 22.5. The van der Waals surface area contributed by atoms with Gasteiger partial charge in [0.1, 0.15) is 11.5 Å². The molecule has 0 aliphatic rings. The smallest absolute Gasteiger partial charge is 0.221 e. The van der Waals surface area contributed by atoms with Crippen LogP contribution in [0.4, 0.5) is 11.4 Å². The zero-order chi connectivity index (χ0) is 18.7. The Labute approximate surface area is 154 Å². The molecule has 0 bridgehead atoms. The molecule has 0 aliphatic heterocycles. The van der Waals surface area contributed by atoms with Gasteiger partial charge in [0, 0.05) is 41.4 Å². The summed E-state index contributed by atoms with van der Waals surface area (Å²) in [5.41, 5.74) is 1.09. The average Bonchev–Trinajstić information content (AvgIpc) is 2.47. The van der Waals surface area contributed by atoms with Gasteiger partial charge in [0.25, 0.3) is 0 Å². The first-order chi connectivity index (χ1) is 11.7. The molecule has 0 aromatic heterocycles. The van der Waals surface area contributed by atoms with Crippen molar-refractivity contribution >= 4 is 46.4 Å². The Hall–Kier alpha value is -2.44. The van der Waals surface area contributed by atoms with E-state index in [1.54, 1.807) is 0 Å². The van der Waals surface area contributed by atoms with E-state index in [1.807, 2.05) is 0 Å². The molecule has 4 N–H and O–H groups in total. The van der Waals surface area contributed by atoms with Crippen LogP contribution in [-0.2, 0) is 16.0 Å². The topological polar surface area (TPSA) is 98.7 Å². The fourth-order valence-corrected chi connectivity index (χ4v) is 2.84. The number of rotatable bonds is 4. The van der Waals surface area contributed by atoms with Gasteiger partial charge in [-0.15, -0.1) is 0 Å². The Balaban J connectivity index is 2.46. The number of phenolic OH excluding ortho intramolecular Hbond substituents is 2. The Morgan fingerprint density at radius 3 is 1.52 bits per heavy atom. The molecule has 8 heteroatoms. The molecule has 2 aromatic carbocycles.